The van der Waals surface area contributed by atoms with E-state index in [-0.39, 0.29) is 30.7 Å². The van der Waals surface area contributed by atoms with E-state index in [0.717, 1.165) is 17.7 Å². The standard InChI is InChI=1S/C21H19F3N4O3/c22-21(23,24)31-17-8-6-16(7-9-17)28-20(25)27-12-14-3-1-4-15(11-14)19(29)26-13-18-5-2-10-30-18/h1-11H,12-13H2,(H,26,29)(H3,25,27,28). The average molecular weight is 432 g/mol. The molecule has 1 aromatic heterocycles. The van der Waals surface area contributed by atoms with Crippen molar-refractivity contribution < 1.29 is 27.1 Å². The molecule has 162 valence electrons. The average Bonchev–Trinajstić information content (AvgIpc) is 3.25. The summed E-state index contributed by atoms with van der Waals surface area (Å²) in [4.78, 5) is 16.5. The lowest BCUT2D eigenvalue weighted by molar-refractivity contribution is -0.274. The van der Waals surface area contributed by atoms with Gasteiger partial charge in [-0.05, 0) is 54.1 Å². The van der Waals surface area contributed by atoms with E-state index < -0.39 is 6.36 Å². The Labute approximate surface area is 175 Å². The van der Waals surface area contributed by atoms with E-state index in [4.69, 9.17) is 10.2 Å². The van der Waals surface area contributed by atoms with Crippen molar-refractivity contribution in [3.8, 4) is 5.75 Å². The summed E-state index contributed by atoms with van der Waals surface area (Å²) >= 11 is 0. The Bertz CT molecular complexity index is 1030. The van der Waals surface area contributed by atoms with Crippen molar-refractivity contribution in [3.63, 3.8) is 0 Å². The summed E-state index contributed by atoms with van der Waals surface area (Å²) in [5, 5.41) is 5.54. The molecule has 0 fully saturated rings. The van der Waals surface area contributed by atoms with Crippen LogP contribution < -0.4 is 21.1 Å². The molecule has 0 aliphatic rings. The molecule has 3 aromatic rings. The van der Waals surface area contributed by atoms with Gasteiger partial charge < -0.3 is 25.5 Å². The van der Waals surface area contributed by atoms with E-state index in [2.05, 4.69) is 20.4 Å². The predicted molar refractivity (Wildman–Crippen MR) is 108 cm³/mol. The van der Waals surface area contributed by atoms with E-state index in [0.29, 0.717) is 17.0 Å². The smallest absolute Gasteiger partial charge is 0.467 e. The minimum absolute atomic E-state index is 0.0668. The lowest BCUT2D eigenvalue weighted by Gasteiger charge is -2.10. The number of carbonyl (C=O) groups excluding carboxylic acids is 1. The Morgan fingerprint density at radius 1 is 1.10 bits per heavy atom. The number of nitrogens with one attached hydrogen (secondary N) is 2. The SMILES string of the molecule is NC(=NCc1cccc(C(=O)NCc2ccco2)c1)Nc1ccc(OC(F)(F)F)cc1. The van der Waals surface area contributed by atoms with Crippen molar-refractivity contribution in [1.29, 1.82) is 0 Å². The number of hydrogen-bond acceptors (Lipinski definition) is 4. The molecule has 0 radical (unpaired) electrons. The molecule has 0 aliphatic carbocycles. The number of anilines is 1. The van der Waals surface area contributed by atoms with Crippen molar-refractivity contribution in [2.45, 2.75) is 19.5 Å². The number of amides is 1. The molecule has 1 heterocycles. The first-order chi connectivity index (χ1) is 14.8. The summed E-state index contributed by atoms with van der Waals surface area (Å²) in [6.07, 6.45) is -3.22. The molecule has 0 aliphatic heterocycles. The number of hydrogen-bond donors (Lipinski definition) is 3. The van der Waals surface area contributed by atoms with Crippen molar-refractivity contribution in [2.75, 3.05) is 5.32 Å². The highest BCUT2D eigenvalue weighted by Crippen LogP contribution is 2.23. The van der Waals surface area contributed by atoms with Gasteiger partial charge in [-0.1, -0.05) is 12.1 Å². The first-order valence-corrected chi connectivity index (χ1v) is 9.11. The van der Waals surface area contributed by atoms with Crippen LogP contribution >= 0.6 is 0 Å². The van der Waals surface area contributed by atoms with Gasteiger partial charge in [-0.3, -0.25) is 4.79 Å². The van der Waals surface area contributed by atoms with Crippen molar-refractivity contribution in [1.82, 2.24) is 5.32 Å². The van der Waals surface area contributed by atoms with Gasteiger partial charge in [-0.25, -0.2) is 4.99 Å². The van der Waals surface area contributed by atoms with E-state index >= 15 is 0 Å². The predicted octanol–water partition coefficient (Wildman–Crippen LogP) is 4.04. The monoisotopic (exact) mass is 432 g/mol. The van der Waals surface area contributed by atoms with Crippen LogP contribution in [-0.4, -0.2) is 18.2 Å². The zero-order valence-corrected chi connectivity index (χ0v) is 16.1. The molecule has 0 unspecified atom stereocenters. The molecule has 0 saturated carbocycles. The molecular weight excluding hydrogens is 413 g/mol. The van der Waals surface area contributed by atoms with Crippen LogP contribution in [0.4, 0.5) is 18.9 Å². The van der Waals surface area contributed by atoms with Crippen LogP contribution in [-0.2, 0) is 13.1 Å². The van der Waals surface area contributed by atoms with Crippen LogP contribution in [0.25, 0.3) is 0 Å². The molecule has 0 spiro atoms. The first-order valence-electron chi connectivity index (χ1n) is 9.11. The lowest BCUT2D eigenvalue weighted by Crippen LogP contribution is -2.23. The molecule has 10 heteroatoms. The number of alkyl halides is 3. The number of furan rings is 1. The molecule has 2 aromatic carbocycles. The number of nitrogens with zero attached hydrogens (tertiary/aromatic N) is 1. The fourth-order valence-electron chi connectivity index (χ4n) is 2.60. The third kappa shape index (κ3) is 7.11. The quantitative estimate of drug-likeness (QED) is 0.386. The van der Waals surface area contributed by atoms with Crippen molar-refractivity contribution >= 4 is 17.6 Å². The van der Waals surface area contributed by atoms with E-state index in [1.54, 1.807) is 36.4 Å². The van der Waals surface area contributed by atoms with E-state index in [1.165, 1.54) is 18.4 Å². The number of ether oxygens (including phenoxy) is 1. The van der Waals surface area contributed by atoms with Gasteiger partial charge >= 0.3 is 6.36 Å². The van der Waals surface area contributed by atoms with Gasteiger partial charge in [-0.15, -0.1) is 13.2 Å². The lowest BCUT2D eigenvalue weighted by atomic mass is 10.1. The molecule has 4 N–H and O–H groups in total. The number of rotatable bonds is 7. The summed E-state index contributed by atoms with van der Waals surface area (Å²) in [5.41, 5.74) is 7.50. The van der Waals surface area contributed by atoms with Gasteiger partial charge in [0.05, 0.1) is 19.4 Å². The Kier molecular flexibility index (Phi) is 6.81. The highest BCUT2D eigenvalue weighted by Gasteiger charge is 2.30. The molecule has 1 amide bonds. The van der Waals surface area contributed by atoms with Crippen molar-refractivity contribution in [3.05, 3.63) is 83.8 Å². The summed E-state index contributed by atoms with van der Waals surface area (Å²) in [6.45, 7) is 0.477. The molecular formula is C21H19F3N4O3. The normalized spacial score (nSPS) is 11.8. The molecule has 31 heavy (non-hydrogen) atoms. The van der Waals surface area contributed by atoms with Crippen molar-refractivity contribution in [2.24, 2.45) is 10.7 Å². The summed E-state index contributed by atoms with van der Waals surface area (Å²) < 4.78 is 45.6. The number of halogens is 3. The third-order valence-corrected chi connectivity index (χ3v) is 3.98. The largest absolute Gasteiger partial charge is 0.573 e. The van der Waals surface area contributed by atoms with Crippen LogP contribution in [0.15, 0.2) is 76.3 Å². The van der Waals surface area contributed by atoms with Crippen LogP contribution in [0.3, 0.4) is 0 Å². The van der Waals surface area contributed by atoms with Gasteiger partial charge in [0, 0.05) is 11.3 Å². The fraction of sp³-hybridized carbons (Fsp3) is 0.143. The summed E-state index contributed by atoms with van der Waals surface area (Å²) in [7, 11) is 0. The summed E-state index contributed by atoms with van der Waals surface area (Å²) in [6, 6.07) is 15.5. The van der Waals surface area contributed by atoms with Gasteiger partial charge in [0.25, 0.3) is 5.91 Å². The second-order valence-electron chi connectivity index (χ2n) is 6.36. The number of benzene rings is 2. The number of nitrogens with two attached hydrogens (primary N) is 1. The number of guanidine groups is 1. The third-order valence-electron chi connectivity index (χ3n) is 3.98. The minimum Gasteiger partial charge on any atom is -0.467 e. The second-order valence-corrected chi connectivity index (χ2v) is 6.36. The van der Waals surface area contributed by atoms with Gasteiger partial charge in [0.2, 0.25) is 0 Å². The molecule has 0 bridgehead atoms. The Morgan fingerprint density at radius 3 is 2.55 bits per heavy atom. The van der Waals surface area contributed by atoms with Gasteiger partial charge in [0.1, 0.15) is 11.5 Å². The maximum atomic E-state index is 12.3. The zero-order chi connectivity index (χ0) is 22.3. The highest BCUT2D eigenvalue weighted by molar-refractivity contribution is 5.94. The van der Waals surface area contributed by atoms with E-state index in [9.17, 15) is 18.0 Å². The van der Waals surface area contributed by atoms with Crippen LogP contribution in [0.1, 0.15) is 21.7 Å². The molecule has 0 atom stereocenters. The maximum absolute atomic E-state index is 12.3. The van der Waals surface area contributed by atoms with Gasteiger partial charge in [-0.2, -0.15) is 0 Å². The van der Waals surface area contributed by atoms with Gasteiger partial charge in [0.15, 0.2) is 5.96 Å². The second kappa shape index (κ2) is 9.70. The Hall–Kier alpha value is -3.95. The van der Waals surface area contributed by atoms with Crippen LogP contribution in [0.5, 0.6) is 5.75 Å². The zero-order valence-electron chi connectivity index (χ0n) is 16.1. The van der Waals surface area contributed by atoms with Crippen LogP contribution in [0, 0.1) is 0 Å². The summed E-state index contributed by atoms with van der Waals surface area (Å²) in [5.74, 6) is 0.119. The molecule has 7 nitrogen and oxygen atoms in total. The first kappa shape index (κ1) is 21.8. The molecule has 0 saturated heterocycles. The minimum atomic E-state index is -4.75. The maximum Gasteiger partial charge on any atom is 0.573 e. The number of carbonyl (C=O) groups is 1. The highest BCUT2D eigenvalue weighted by atomic mass is 19.4. The topological polar surface area (TPSA) is 102 Å². The van der Waals surface area contributed by atoms with Crippen LogP contribution in [0.2, 0.25) is 0 Å². The molecule has 3 rings (SSSR count). The number of aliphatic imine (C=N–C) groups is 1. The Balaban J connectivity index is 1.54. The Morgan fingerprint density at radius 2 is 1.87 bits per heavy atom. The van der Waals surface area contributed by atoms with E-state index in [1.807, 2.05) is 0 Å². The fourth-order valence-corrected chi connectivity index (χ4v) is 2.60.